The lowest BCUT2D eigenvalue weighted by Crippen LogP contribution is -2.45. The van der Waals surface area contributed by atoms with E-state index in [2.05, 4.69) is 10.6 Å². The first-order valence-corrected chi connectivity index (χ1v) is 9.20. The Morgan fingerprint density at radius 2 is 1.79 bits per heavy atom. The molecule has 2 rings (SSSR count). The molecule has 29 heavy (non-hydrogen) atoms. The topological polar surface area (TPSA) is 70.7 Å². The van der Waals surface area contributed by atoms with Crippen LogP contribution in [0, 0.1) is 18.6 Å². The Morgan fingerprint density at radius 3 is 2.38 bits per heavy atom. The van der Waals surface area contributed by atoms with Gasteiger partial charge in [-0.15, -0.1) is 0 Å². The van der Waals surface area contributed by atoms with Crippen LogP contribution in [0.3, 0.4) is 0 Å². The van der Waals surface area contributed by atoms with Gasteiger partial charge in [-0.05, 0) is 50.2 Å². The van der Waals surface area contributed by atoms with Gasteiger partial charge in [0.05, 0.1) is 25.4 Å². The Bertz CT molecular complexity index is 869. The quantitative estimate of drug-likeness (QED) is 0.705. The number of para-hydroxylation sites is 1. The first-order valence-electron chi connectivity index (χ1n) is 9.20. The third kappa shape index (κ3) is 5.74. The second kappa shape index (κ2) is 9.97. The lowest BCUT2D eigenvalue weighted by atomic mass is 10.2. The first kappa shape index (κ1) is 22.3. The molecule has 2 amide bonds. The lowest BCUT2D eigenvalue weighted by molar-refractivity contribution is -0.123. The number of methoxy groups -OCH3 is 1. The zero-order valence-corrected chi connectivity index (χ0v) is 16.9. The van der Waals surface area contributed by atoms with Crippen molar-refractivity contribution in [3.8, 4) is 5.75 Å². The Labute approximate surface area is 168 Å². The number of hydrogen-bond donors (Lipinski definition) is 2. The molecule has 0 aliphatic heterocycles. The van der Waals surface area contributed by atoms with Gasteiger partial charge in [0.2, 0.25) is 11.8 Å². The van der Waals surface area contributed by atoms with Gasteiger partial charge in [-0.2, -0.15) is 0 Å². The summed E-state index contributed by atoms with van der Waals surface area (Å²) in [5.74, 6) is -2.16. The van der Waals surface area contributed by atoms with Gasteiger partial charge in [0.25, 0.3) is 0 Å². The van der Waals surface area contributed by atoms with E-state index in [9.17, 15) is 18.4 Å². The lowest BCUT2D eigenvalue weighted by Gasteiger charge is -2.26. The zero-order valence-electron chi connectivity index (χ0n) is 16.9. The van der Waals surface area contributed by atoms with Gasteiger partial charge < -0.3 is 15.4 Å². The number of benzene rings is 2. The van der Waals surface area contributed by atoms with E-state index in [-0.39, 0.29) is 12.5 Å². The average Bonchev–Trinajstić information content (AvgIpc) is 2.68. The fourth-order valence-electron chi connectivity index (χ4n) is 2.83. The fraction of sp³-hybridized carbons (Fsp3) is 0.333. The van der Waals surface area contributed by atoms with Crippen molar-refractivity contribution in [1.82, 2.24) is 4.90 Å². The van der Waals surface area contributed by atoms with E-state index in [0.29, 0.717) is 18.0 Å². The highest BCUT2D eigenvalue weighted by atomic mass is 19.1. The first-order chi connectivity index (χ1) is 13.8. The molecule has 0 aliphatic carbocycles. The molecule has 0 aromatic heterocycles. The van der Waals surface area contributed by atoms with Crippen molar-refractivity contribution in [2.75, 3.05) is 30.8 Å². The molecular weight excluding hydrogens is 380 g/mol. The van der Waals surface area contributed by atoms with E-state index >= 15 is 0 Å². The molecule has 0 saturated heterocycles. The van der Waals surface area contributed by atoms with Crippen LogP contribution in [0.4, 0.5) is 20.2 Å². The second-order valence-electron chi connectivity index (χ2n) is 6.58. The normalized spacial score (nSPS) is 11.8. The molecule has 1 unspecified atom stereocenters. The Hall–Kier alpha value is -3.00. The van der Waals surface area contributed by atoms with Crippen LogP contribution in [-0.4, -0.2) is 43.0 Å². The number of anilines is 2. The van der Waals surface area contributed by atoms with Gasteiger partial charge in [0.1, 0.15) is 23.1 Å². The highest BCUT2D eigenvalue weighted by Gasteiger charge is 2.24. The molecule has 0 spiro atoms. The van der Waals surface area contributed by atoms with Crippen molar-refractivity contribution in [1.29, 1.82) is 0 Å². The monoisotopic (exact) mass is 405 g/mol. The minimum Gasteiger partial charge on any atom is -0.495 e. The third-order valence-corrected chi connectivity index (χ3v) is 4.52. The molecule has 156 valence electrons. The molecule has 0 saturated carbocycles. The second-order valence-corrected chi connectivity index (χ2v) is 6.58. The standard InChI is InChI=1S/C21H25F2N3O3/c1-5-26(12-19(27)25-20-15(22)7-6-8-16(20)23)14(3)21(28)24-17-11-13(2)9-10-18(17)29-4/h6-11,14H,5,12H2,1-4H3,(H,24,28)(H,25,27). The predicted molar refractivity (Wildman–Crippen MR) is 108 cm³/mol. The number of aryl methyl sites for hydroxylation is 1. The summed E-state index contributed by atoms with van der Waals surface area (Å²) < 4.78 is 32.7. The number of carbonyl (C=O) groups excluding carboxylic acids is 2. The number of halogens is 2. The zero-order chi connectivity index (χ0) is 21.6. The summed E-state index contributed by atoms with van der Waals surface area (Å²) in [6.07, 6.45) is 0. The van der Waals surface area contributed by atoms with E-state index in [0.717, 1.165) is 17.7 Å². The van der Waals surface area contributed by atoms with Gasteiger partial charge in [-0.1, -0.05) is 19.1 Å². The van der Waals surface area contributed by atoms with Crippen LogP contribution in [0.5, 0.6) is 5.75 Å². The van der Waals surface area contributed by atoms with Crippen molar-refractivity contribution >= 4 is 23.2 Å². The molecule has 0 fully saturated rings. The van der Waals surface area contributed by atoms with Crippen molar-refractivity contribution in [2.24, 2.45) is 0 Å². The molecule has 2 N–H and O–H groups in total. The molecule has 2 aromatic carbocycles. The molecule has 0 aliphatic rings. The maximum atomic E-state index is 13.7. The van der Waals surface area contributed by atoms with Crippen LogP contribution in [0.2, 0.25) is 0 Å². The summed E-state index contributed by atoms with van der Waals surface area (Å²) in [6.45, 7) is 5.51. The Kier molecular flexibility index (Phi) is 7.67. The number of rotatable bonds is 8. The number of nitrogens with zero attached hydrogens (tertiary/aromatic N) is 1. The maximum Gasteiger partial charge on any atom is 0.241 e. The SMILES string of the molecule is CCN(CC(=O)Nc1c(F)cccc1F)C(C)C(=O)Nc1cc(C)ccc1OC. The molecule has 0 radical (unpaired) electrons. The number of nitrogens with one attached hydrogen (secondary N) is 2. The van der Waals surface area contributed by atoms with Crippen LogP contribution in [0.1, 0.15) is 19.4 Å². The molecular formula is C21H25F2N3O3. The van der Waals surface area contributed by atoms with Gasteiger partial charge in [-0.25, -0.2) is 8.78 Å². The summed E-state index contributed by atoms with van der Waals surface area (Å²) in [6, 6.07) is 8.06. The van der Waals surface area contributed by atoms with Crippen LogP contribution in [0.15, 0.2) is 36.4 Å². The predicted octanol–water partition coefficient (Wildman–Crippen LogP) is 3.57. The molecule has 2 aromatic rings. The Balaban J connectivity index is 2.06. The van der Waals surface area contributed by atoms with Crippen LogP contribution < -0.4 is 15.4 Å². The van der Waals surface area contributed by atoms with Crippen molar-refractivity contribution < 1.29 is 23.1 Å². The van der Waals surface area contributed by atoms with Gasteiger partial charge in [-0.3, -0.25) is 14.5 Å². The van der Waals surface area contributed by atoms with Crippen molar-refractivity contribution in [3.63, 3.8) is 0 Å². The van der Waals surface area contributed by atoms with E-state index in [1.807, 2.05) is 13.0 Å². The molecule has 6 nitrogen and oxygen atoms in total. The molecule has 0 heterocycles. The molecule has 0 bridgehead atoms. The highest BCUT2D eigenvalue weighted by Crippen LogP contribution is 2.25. The van der Waals surface area contributed by atoms with E-state index in [1.165, 1.54) is 13.2 Å². The summed E-state index contributed by atoms with van der Waals surface area (Å²) in [7, 11) is 1.51. The van der Waals surface area contributed by atoms with Gasteiger partial charge in [0, 0.05) is 0 Å². The summed E-state index contributed by atoms with van der Waals surface area (Å²) in [5.41, 5.74) is 0.973. The summed E-state index contributed by atoms with van der Waals surface area (Å²) in [5, 5.41) is 5.03. The van der Waals surface area contributed by atoms with Gasteiger partial charge in [0.15, 0.2) is 0 Å². The Morgan fingerprint density at radius 1 is 1.14 bits per heavy atom. The van der Waals surface area contributed by atoms with Crippen molar-refractivity contribution in [3.05, 3.63) is 53.6 Å². The minimum absolute atomic E-state index is 0.205. The van der Waals surface area contributed by atoms with Gasteiger partial charge >= 0.3 is 0 Å². The van der Waals surface area contributed by atoms with Crippen molar-refractivity contribution in [2.45, 2.75) is 26.8 Å². The number of amides is 2. The molecule has 1 atom stereocenters. The van der Waals surface area contributed by atoms with E-state index in [1.54, 1.807) is 30.9 Å². The van der Waals surface area contributed by atoms with Crippen LogP contribution in [0.25, 0.3) is 0 Å². The van der Waals surface area contributed by atoms with E-state index < -0.39 is 29.3 Å². The summed E-state index contributed by atoms with van der Waals surface area (Å²) in [4.78, 5) is 26.5. The minimum atomic E-state index is -0.862. The van der Waals surface area contributed by atoms with Crippen LogP contribution in [-0.2, 0) is 9.59 Å². The smallest absolute Gasteiger partial charge is 0.241 e. The number of ether oxygens (including phenoxy) is 1. The van der Waals surface area contributed by atoms with E-state index in [4.69, 9.17) is 4.74 Å². The highest BCUT2D eigenvalue weighted by molar-refractivity contribution is 5.97. The fourth-order valence-corrected chi connectivity index (χ4v) is 2.83. The molecule has 8 heteroatoms. The number of hydrogen-bond acceptors (Lipinski definition) is 4. The maximum absolute atomic E-state index is 13.7. The number of likely N-dealkylation sites (N-methyl/N-ethyl adjacent to an activating group) is 1. The van der Waals surface area contributed by atoms with Crippen LogP contribution >= 0.6 is 0 Å². The third-order valence-electron chi connectivity index (χ3n) is 4.52. The average molecular weight is 405 g/mol. The summed E-state index contributed by atoms with van der Waals surface area (Å²) >= 11 is 0. The number of carbonyl (C=O) groups is 2. The largest absolute Gasteiger partial charge is 0.495 e.